The van der Waals surface area contributed by atoms with Crippen LogP contribution in [0.1, 0.15) is 11.1 Å². The van der Waals surface area contributed by atoms with Crippen molar-refractivity contribution in [3.63, 3.8) is 0 Å². The molecule has 1 heterocycles. The van der Waals surface area contributed by atoms with Gasteiger partial charge in [-0.3, -0.25) is 0 Å². The quantitative estimate of drug-likeness (QED) is 0.865. The fourth-order valence-electron chi connectivity index (χ4n) is 1.28. The predicted octanol–water partition coefficient (Wildman–Crippen LogP) is 2.63. The Balaban J connectivity index is 2.22. The summed E-state index contributed by atoms with van der Waals surface area (Å²) in [4.78, 5) is 5.13. The van der Waals surface area contributed by atoms with E-state index in [1.165, 1.54) is 11.8 Å². The maximum atomic E-state index is 8.97. The van der Waals surface area contributed by atoms with Crippen molar-refractivity contribution in [2.45, 2.75) is 23.6 Å². The van der Waals surface area contributed by atoms with Crippen molar-refractivity contribution in [2.24, 2.45) is 0 Å². The summed E-state index contributed by atoms with van der Waals surface area (Å²) in [6.45, 7) is 2.08. The average Bonchev–Trinajstić information content (AvgIpc) is 2.74. The molecular formula is C11H11NO2S. The molecule has 0 saturated heterocycles. The number of aliphatic hydroxyl groups excluding tert-OH is 1. The molecule has 78 valence electrons. The number of oxazole rings is 1. The van der Waals surface area contributed by atoms with Crippen molar-refractivity contribution in [3.8, 4) is 0 Å². The minimum Gasteiger partial charge on any atom is -0.440 e. The third-order valence-electron chi connectivity index (χ3n) is 2.03. The van der Waals surface area contributed by atoms with Gasteiger partial charge in [-0.25, -0.2) is 4.98 Å². The summed E-state index contributed by atoms with van der Waals surface area (Å²) >= 11 is 1.48. The Bertz CT molecular complexity index is 440. The second-order valence-electron chi connectivity index (χ2n) is 3.16. The first-order valence-electron chi connectivity index (χ1n) is 4.57. The summed E-state index contributed by atoms with van der Waals surface area (Å²) in [6, 6.07) is 5.83. The summed E-state index contributed by atoms with van der Waals surface area (Å²) in [5.41, 5.74) is 2.04. The van der Waals surface area contributed by atoms with Gasteiger partial charge in [0.05, 0.1) is 12.8 Å². The van der Waals surface area contributed by atoms with Crippen molar-refractivity contribution in [1.82, 2.24) is 4.98 Å². The SMILES string of the molecule is Cc1cc(CO)ccc1Sc1ncco1. The van der Waals surface area contributed by atoms with E-state index in [0.29, 0.717) is 5.22 Å². The number of nitrogens with zero attached hydrogens (tertiary/aromatic N) is 1. The summed E-state index contributed by atoms with van der Waals surface area (Å²) < 4.78 is 5.15. The Labute approximate surface area is 92.1 Å². The van der Waals surface area contributed by atoms with Gasteiger partial charge in [0.25, 0.3) is 5.22 Å². The largest absolute Gasteiger partial charge is 0.440 e. The highest BCUT2D eigenvalue weighted by atomic mass is 32.2. The number of aryl methyl sites for hydroxylation is 1. The van der Waals surface area contributed by atoms with Gasteiger partial charge in [-0.1, -0.05) is 12.1 Å². The fourth-order valence-corrected chi connectivity index (χ4v) is 2.04. The first kappa shape index (κ1) is 10.3. The molecule has 1 aromatic carbocycles. The van der Waals surface area contributed by atoms with Crippen LogP contribution in [-0.2, 0) is 6.61 Å². The average molecular weight is 221 g/mol. The van der Waals surface area contributed by atoms with E-state index in [1.54, 1.807) is 12.5 Å². The van der Waals surface area contributed by atoms with Gasteiger partial charge in [0.2, 0.25) is 0 Å². The second-order valence-corrected chi connectivity index (χ2v) is 4.15. The highest BCUT2D eigenvalue weighted by molar-refractivity contribution is 7.99. The molecule has 0 atom stereocenters. The molecule has 2 aromatic rings. The van der Waals surface area contributed by atoms with Crippen LogP contribution in [-0.4, -0.2) is 10.1 Å². The standard InChI is InChI=1S/C11H11NO2S/c1-8-6-9(7-13)2-3-10(8)15-11-12-4-5-14-11/h2-6,13H,7H2,1H3. The monoisotopic (exact) mass is 221 g/mol. The van der Waals surface area contributed by atoms with Crippen LogP contribution in [0.25, 0.3) is 0 Å². The molecule has 0 spiro atoms. The number of hydrogen-bond donors (Lipinski definition) is 1. The van der Waals surface area contributed by atoms with Crippen LogP contribution in [0.15, 0.2) is 45.2 Å². The maximum Gasteiger partial charge on any atom is 0.260 e. The summed E-state index contributed by atoms with van der Waals surface area (Å²) in [5, 5.41) is 9.61. The first-order valence-corrected chi connectivity index (χ1v) is 5.39. The molecule has 0 fully saturated rings. The predicted molar refractivity (Wildman–Crippen MR) is 57.7 cm³/mol. The van der Waals surface area contributed by atoms with Gasteiger partial charge < -0.3 is 9.52 Å². The molecule has 0 saturated carbocycles. The molecule has 4 heteroatoms. The maximum absolute atomic E-state index is 8.97. The molecule has 0 aliphatic carbocycles. The number of rotatable bonds is 3. The van der Waals surface area contributed by atoms with E-state index in [1.807, 2.05) is 25.1 Å². The lowest BCUT2D eigenvalue weighted by atomic mass is 10.1. The highest BCUT2D eigenvalue weighted by Gasteiger charge is 2.05. The molecule has 0 radical (unpaired) electrons. The smallest absolute Gasteiger partial charge is 0.260 e. The molecule has 0 unspecified atom stereocenters. The lowest BCUT2D eigenvalue weighted by molar-refractivity contribution is 0.281. The van der Waals surface area contributed by atoms with E-state index in [0.717, 1.165) is 16.0 Å². The Morgan fingerprint density at radius 1 is 1.47 bits per heavy atom. The molecule has 0 aliphatic rings. The van der Waals surface area contributed by atoms with E-state index in [4.69, 9.17) is 9.52 Å². The molecule has 0 bridgehead atoms. The minimum absolute atomic E-state index is 0.0742. The lowest BCUT2D eigenvalue weighted by Gasteiger charge is -2.04. The minimum atomic E-state index is 0.0742. The Hall–Kier alpha value is -1.26. The Morgan fingerprint density at radius 3 is 2.93 bits per heavy atom. The van der Waals surface area contributed by atoms with Crippen LogP contribution < -0.4 is 0 Å². The Morgan fingerprint density at radius 2 is 2.33 bits per heavy atom. The fraction of sp³-hybridized carbons (Fsp3) is 0.182. The topological polar surface area (TPSA) is 46.3 Å². The van der Waals surface area contributed by atoms with Crippen molar-refractivity contribution in [1.29, 1.82) is 0 Å². The van der Waals surface area contributed by atoms with Crippen LogP contribution in [0.3, 0.4) is 0 Å². The van der Waals surface area contributed by atoms with E-state index in [2.05, 4.69) is 4.98 Å². The molecule has 1 N–H and O–H groups in total. The van der Waals surface area contributed by atoms with E-state index >= 15 is 0 Å². The first-order chi connectivity index (χ1) is 7.29. The molecular weight excluding hydrogens is 210 g/mol. The van der Waals surface area contributed by atoms with Crippen molar-refractivity contribution >= 4 is 11.8 Å². The van der Waals surface area contributed by atoms with Crippen molar-refractivity contribution in [3.05, 3.63) is 41.8 Å². The van der Waals surface area contributed by atoms with Crippen LogP contribution in [0, 0.1) is 6.92 Å². The van der Waals surface area contributed by atoms with Crippen LogP contribution in [0.5, 0.6) is 0 Å². The van der Waals surface area contributed by atoms with Crippen LogP contribution in [0.2, 0.25) is 0 Å². The second kappa shape index (κ2) is 4.51. The highest BCUT2D eigenvalue weighted by Crippen LogP contribution is 2.29. The van der Waals surface area contributed by atoms with Gasteiger partial charge in [0.1, 0.15) is 6.26 Å². The molecule has 0 amide bonds. The summed E-state index contributed by atoms with van der Waals surface area (Å²) in [5.74, 6) is 0. The third-order valence-corrected chi connectivity index (χ3v) is 3.08. The lowest BCUT2D eigenvalue weighted by Crippen LogP contribution is -1.86. The zero-order chi connectivity index (χ0) is 10.7. The molecule has 2 rings (SSSR count). The molecule has 1 aromatic heterocycles. The number of aromatic nitrogens is 1. The van der Waals surface area contributed by atoms with E-state index in [9.17, 15) is 0 Å². The van der Waals surface area contributed by atoms with Crippen molar-refractivity contribution < 1.29 is 9.52 Å². The van der Waals surface area contributed by atoms with Gasteiger partial charge >= 0.3 is 0 Å². The van der Waals surface area contributed by atoms with Gasteiger partial charge in [-0.2, -0.15) is 0 Å². The van der Waals surface area contributed by atoms with E-state index < -0.39 is 0 Å². The van der Waals surface area contributed by atoms with Gasteiger partial charge in [0.15, 0.2) is 0 Å². The zero-order valence-electron chi connectivity index (χ0n) is 8.30. The van der Waals surface area contributed by atoms with Crippen LogP contribution >= 0.6 is 11.8 Å². The normalized spacial score (nSPS) is 10.5. The summed E-state index contributed by atoms with van der Waals surface area (Å²) in [7, 11) is 0. The van der Waals surface area contributed by atoms with Crippen LogP contribution in [0.4, 0.5) is 0 Å². The van der Waals surface area contributed by atoms with Gasteiger partial charge in [-0.15, -0.1) is 0 Å². The molecule has 0 aliphatic heterocycles. The number of hydrogen-bond acceptors (Lipinski definition) is 4. The molecule has 3 nitrogen and oxygen atoms in total. The molecule has 15 heavy (non-hydrogen) atoms. The Kier molecular flexibility index (Phi) is 3.08. The van der Waals surface area contributed by atoms with Gasteiger partial charge in [-0.05, 0) is 35.9 Å². The number of aliphatic hydroxyl groups is 1. The van der Waals surface area contributed by atoms with Gasteiger partial charge in [0, 0.05) is 4.90 Å². The van der Waals surface area contributed by atoms with E-state index in [-0.39, 0.29) is 6.61 Å². The zero-order valence-corrected chi connectivity index (χ0v) is 9.12. The third kappa shape index (κ3) is 2.40. The number of benzene rings is 1. The van der Waals surface area contributed by atoms with Crippen molar-refractivity contribution in [2.75, 3.05) is 0 Å². The summed E-state index contributed by atoms with van der Waals surface area (Å²) in [6.07, 6.45) is 3.18.